The number of fused-ring (bicyclic) bond motifs is 1. The lowest BCUT2D eigenvalue weighted by Gasteiger charge is -2.14. The van der Waals surface area contributed by atoms with E-state index in [1.807, 2.05) is 31.3 Å². The van der Waals surface area contributed by atoms with Crippen molar-refractivity contribution in [2.24, 2.45) is 0 Å². The number of ether oxygens (including phenoxy) is 2. The number of carbonyl (C=O) groups excluding carboxylic acids is 1. The van der Waals surface area contributed by atoms with E-state index in [-0.39, 0.29) is 5.91 Å². The molecule has 2 N–H and O–H groups in total. The van der Waals surface area contributed by atoms with Crippen molar-refractivity contribution in [1.29, 1.82) is 0 Å². The Labute approximate surface area is 147 Å². The third-order valence-electron chi connectivity index (χ3n) is 4.38. The molecule has 0 atom stereocenters. The fourth-order valence-electron chi connectivity index (χ4n) is 3.08. The number of hydrogen-bond donors (Lipinski definition) is 2. The van der Waals surface area contributed by atoms with Gasteiger partial charge in [-0.25, -0.2) is 0 Å². The molecule has 0 fully saturated rings. The molecule has 0 unspecified atom stereocenters. The Morgan fingerprint density at radius 2 is 1.92 bits per heavy atom. The Bertz CT molecular complexity index is 899. The second-order valence-corrected chi connectivity index (χ2v) is 5.84. The molecule has 3 aromatic rings. The first-order valence-corrected chi connectivity index (χ1v) is 8.20. The van der Waals surface area contributed by atoms with Crippen molar-refractivity contribution >= 4 is 16.8 Å². The molecule has 0 saturated carbocycles. The van der Waals surface area contributed by atoms with Crippen LogP contribution in [-0.4, -0.2) is 31.7 Å². The number of methoxy groups -OCH3 is 2. The fourth-order valence-corrected chi connectivity index (χ4v) is 3.08. The van der Waals surface area contributed by atoms with E-state index in [1.54, 1.807) is 26.4 Å². The highest BCUT2D eigenvalue weighted by Gasteiger charge is 2.17. The molecule has 1 heterocycles. The van der Waals surface area contributed by atoms with E-state index in [4.69, 9.17) is 9.47 Å². The number of para-hydroxylation sites is 1. The maximum absolute atomic E-state index is 12.5. The quantitative estimate of drug-likeness (QED) is 0.723. The third-order valence-corrected chi connectivity index (χ3v) is 4.38. The summed E-state index contributed by atoms with van der Waals surface area (Å²) in [5.41, 5.74) is 3.62. The molecular weight excluding hydrogens is 316 g/mol. The summed E-state index contributed by atoms with van der Waals surface area (Å²) in [6, 6.07) is 11.7. The zero-order valence-corrected chi connectivity index (χ0v) is 14.7. The van der Waals surface area contributed by atoms with Gasteiger partial charge in [0.15, 0.2) is 0 Å². The summed E-state index contributed by atoms with van der Waals surface area (Å²) in [7, 11) is 3.16. The smallest absolute Gasteiger partial charge is 0.255 e. The first-order valence-electron chi connectivity index (χ1n) is 8.20. The van der Waals surface area contributed by atoms with Gasteiger partial charge < -0.3 is 19.8 Å². The lowest BCUT2D eigenvalue weighted by Crippen LogP contribution is -2.26. The number of nitrogens with one attached hydrogen (secondary N) is 2. The molecule has 130 valence electrons. The molecule has 3 rings (SSSR count). The minimum atomic E-state index is -0.151. The lowest BCUT2D eigenvalue weighted by molar-refractivity contribution is 0.0951. The number of aromatic nitrogens is 1. The lowest BCUT2D eigenvalue weighted by atomic mass is 10.1. The predicted octanol–water partition coefficient (Wildman–Crippen LogP) is 3.47. The maximum atomic E-state index is 12.5. The van der Waals surface area contributed by atoms with Gasteiger partial charge in [-0.2, -0.15) is 0 Å². The van der Waals surface area contributed by atoms with Crippen molar-refractivity contribution in [3.8, 4) is 11.5 Å². The summed E-state index contributed by atoms with van der Waals surface area (Å²) >= 11 is 0. The van der Waals surface area contributed by atoms with Gasteiger partial charge >= 0.3 is 0 Å². The van der Waals surface area contributed by atoms with Crippen LogP contribution in [0.2, 0.25) is 0 Å². The van der Waals surface area contributed by atoms with Crippen LogP contribution in [0, 0.1) is 6.92 Å². The van der Waals surface area contributed by atoms with E-state index < -0.39 is 0 Å². The second kappa shape index (κ2) is 7.30. The van der Waals surface area contributed by atoms with E-state index in [2.05, 4.69) is 16.4 Å². The van der Waals surface area contributed by atoms with E-state index in [1.165, 1.54) is 10.9 Å². The number of aromatic amines is 1. The standard InChI is InChI=1S/C20H22N2O3/c1-13-18(24-2)9-8-16(19(13)25-3)20(23)21-11-10-14-12-22-17-7-5-4-6-15(14)17/h4-9,12,22H,10-11H2,1-3H3,(H,21,23). The van der Waals surface area contributed by atoms with Crippen LogP contribution in [-0.2, 0) is 6.42 Å². The van der Waals surface area contributed by atoms with Crippen molar-refractivity contribution in [3.05, 3.63) is 59.3 Å². The number of rotatable bonds is 6. The van der Waals surface area contributed by atoms with Crippen molar-refractivity contribution in [1.82, 2.24) is 10.3 Å². The average Bonchev–Trinajstić information content (AvgIpc) is 3.04. The minimum absolute atomic E-state index is 0.151. The Morgan fingerprint density at radius 3 is 2.68 bits per heavy atom. The van der Waals surface area contributed by atoms with Crippen LogP contribution in [0.3, 0.4) is 0 Å². The number of benzene rings is 2. The van der Waals surface area contributed by atoms with Crippen molar-refractivity contribution < 1.29 is 14.3 Å². The molecule has 1 aromatic heterocycles. The van der Waals surface area contributed by atoms with Gasteiger partial charge in [0.2, 0.25) is 0 Å². The first kappa shape index (κ1) is 16.9. The summed E-state index contributed by atoms with van der Waals surface area (Å²) < 4.78 is 10.7. The topological polar surface area (TPSA) is 63.3 Å². The molecule has 5 heteroatoms. The summed E-state index contributed by atoms with van der Waals surface area (Å²) in [5.74, 6) is 1.10. The molecular formula is C20H22N2O3. The zero-order valence-electron chi connectivity index (χ0n) is 14.7. The normalized spacial score (nSPS) is 10.7. The molecule has 0 aliphatic heterocycles. The number of H-pyrrole nitrogens is 1. The molecule has 1 amide bonds. The molecule has 25 heavy (non-hydrogen) atoms. The van der Waals surface area contributed by atoms with Gasteiger partial charge in [0.05, 0.1) is 19.8 Å². The Morgan fingerprint density at radius 1 is 1.12 bits per heavy atom. The Hall–Kier alpha value is -2.95. The van der Waals surface area contributed by atoms with E-state index in [0.717, 1.165) is 17.5 Å². The van der Waals surface area contributed by atoms with Crippen LogP contribution in [0.4, 0.5) is 0 Å². The van der Waals surface area contributed by atoms with Crippen LogP contribution in [0.1, 0.15) is 21.5 Å². The van der Waals surface area contributed by atoms with E-state index >= 15 is 0 Å². The summed E-state index contributed by atoms with van der Waals surface area (Å²) in [4.78, 5) is 15.8. The van der Waals surface area contributed by atoms with Gasteiger partial charge in [0.25, 0.3) is 5.91 Å². The maximum Gasteiger partial charge on any atom is 0.255 e. The van der Waals surface area contributed by atoms with Crippen LogP contribution >= 0.6 is 0 Å². The monoisotopic (exact) mass is 338 g/mol. The highest BCUT2D eigenvalue weighted by Crippen LogP contribution is 2.31. The van der Waals surface area contributed by atoms with Crippen LogP contribution in [0.5, 0.6) is 11.5 Å². The third kappa shape index (κ3) is 3.31. The van der Waals surface area contributed by atoms with Crippen molar-refractivity contribution in [3.63, 3.8) is 0 Å². The molecule has 5 nitrogen and oxygen atoms in total. The van der Waals surface area contributed by atoms with Gasteiger partial charge in [0, 0.05) is 29.2 Å². The van der Waals surface area contributed by atoms with Crippen molar-refractivity contribution in [2.45, 2.75) is 13.3 Å². The highest BCUT2D eigenvalue weighted by atomic mass is 16.5. The molecule has 0 bridgehead atoms. The van der Waals surface area contributed by atoms with Crippen LogP contribution < -0.4 is 14.8 Å². The molecule has 0 spiro atoms. The van der Waals surface area contributed by atoms with Crippen molar-refractivity contribution in [2.75, 3.05) is 20.8 Å². The second-order valence-electron chi connectivity index (χ2n) is 5.84. The highest BCUT2D eigenvalue weighted by molar-refractivity contribution is 5.97. The van der Waals surface area contributed by atoms with Gasteiger partial charge in [-0.3, -0.25) is 4.79 Å². The molecule has 0 radical (unpaired) electrons. The van der Waals surface area contributed by atoms with Crippen LogP contribution in [0.15, 0.2) is 42.6 Å². The van der Waals surface area contributed by atoms with Gasteiger partial charge in [-0.1, -0.05) is 18.2 Å². The van der Waals surface area contributed by atoms with Crippen LogP contribution in [0.25, 0.3) is 10.9 Å². The largest absolute Gasteiger partial charge is 0.496 e. The summed E-state index contributed by atoms with van der Waals surface area (Å²) in [6.07, 6.45) is 2.75. The van der Waals surface area contributed by atoms with E-state index in [9.17, 15) is 4.79 Å². The molecule has 0 aliphatic rings. The van der Waals surface area contributed by atoms with E-state index in [0.29, 0.717) is 23.6 Å². The molecule has 0 aliphatic carbocycles. The molecule has 2 aromatic carbocycles. The number of amides is 1. The fraction of sp³-hybridized carbons (Fsp3) is 0.250. The zero-order chi connectivity index (χ0) is 17.8. The van der Waals surface area contributed by atoms with Gasteiger partial charge in [0.1, 0.15) is 11.5 Å². The minimum Gasteiger partial charge on any atom is -0.496 e. The van der Waals surface area contributed by atoms with Gasteiger partial charge in [-0.15, -0.1) is 0 Å². The number of carbonyl (C=O) groups is 1. The first-order chi connectivity index (χ1) is 12.2. The predicted molar refractivity (Wildman–Crippen MR) is 98.6 cm³/mol. The summed E-state index contributed by atoms with van der Waals surface area (Å²) in [5, 5.41) is 4.16. The Kier molecular flexibility index (Phi) is 4.93. The SMILES string of the molecule is COc1ccc(C(=O)NCCc2c[nH]c3ccccc23)c(OC)c1C. The van der Waals surface area contributed by atoms with Gasteiger partial charge in [-0.05, 0) is 37.1 Å². The number of hydrogen-bond acceptors (Lipinski definition) is 3. The Balaban J connectivity index is 1.70. The summed E-state index contributed by atoms with van der Waals surface area (Å²) in [6.45, 7) is 2.43. The molecule has 0 saturated heterocycles. The average molecular weight is 338 g/mol.